The van der Waals surface area contributed by atoms with Crippen molar-refractivity contribution in [3.05, 3.63) is 12.2 Å². The van der Waals surface area contributed by atoms with Crippen molar-refractivity contribution >= 4 is 0 Å². The summed E-state index contributed by atoms with van der Waals surface area (Å²) in [6.45, 7) is 14.1. The van der Waals surface area contributed by atoms with Gasteiger partial charge in [-0.1, -0.05) is 33.8 Å². The van der Waals surface area contributed by atoms with Gasteiger partial charge in [0.25, 0.3) is 0 Å². The Morgan fingerprint density at radius 2 is 1.83 bits per heavy atom. The van der Waals surface area contributed by atoms with Gasteiger partial charge in [0, 0.05) is 6.42 Å². The fourth-order valence-corrected chi connectivity index (χ4v) is 7.35. The second kappa shape index (κ2) is 4.64. The molecule has 23 heavy (non-hydrogen) atoms. The highest BCUT2D eigenvalue weighted by molar-refractivity contribution is 5.22. The molecule has 0 radical (unpaired) electrons. The van der Waals surface area contributed by atoms with Crippen molar-refractivity contribution in [1.29, 1.82) is 0 Å². The molecule has 0 aromatic carbocycles. The molecule has 2 nitrogen and oxygen atoms in total. The van der Waals surface area contributed by atoms with Gasteiger partial charge < -0.3 is 9.47 Å². The van der Waals surface area contributed by atoms with Gasteiger partial charge in [-0.05, 0) is 74.2 Å². The molecule has 4 aliphatic rings. The number of hydrogen-bond donors (Lipinski definition) is 0. The van der Waals surface area contributed by atoms with Crippen LogP contribution in [0.4, 0.5) is 0 Å². The minimum Gasteiger partial charge on any atom is -0.340 e. The molecular formula is C21H34O2. The third-order valence-corrected chi connectivity index (χ3v) is 8.49. The van der Waals surface area contributed by atoms with Crippen LogP contribution < -0.4 is 0 Å². The third kappa shape index (κ3) is 1.78. The van der Waals surface area contributed by atoms with E-state index >= 15 is 0 Å². The van der Waals surface area contributed by atoms with E-state index in [1.54, 1.807) is 0 Å². The zero-order chi connectivity index (χ0) is 16.7. The van der Waals surface area contributed by atoms with Gasteiger partial charge in [-0.2, -0.15) is 0 Å². The predicted molar refractivity (Wildman–Crippen MR) is 93.0 cm³/mol. The number of fused-ring (bicyclic) bond motifs is 3. The van der Waals surface area contributed by atoms with Crippen molar-refractivity contribution < 1.29 is 9.47 Å². The highest BCUT2D eigenvalue weighted by Crippen LogP contribution is 2.75. The van der Waals surface area contributed by atoms with Crippen LogP contribution in [0.5, 0.6) is 0 Å². The number of ether oxygens (including phenoxy) is 2. The van der Waals surface area contributed by atoms with Crippen LogP contribution in [0, 0.1) is 28.6 Å². The third-order valence-electron chi connectivity index (χ3n) is 8.49. The van der Waals surface area contributed by atoms with Crippen LogP contribution in [0.3, 0.4) is 0 Å². The summed E-state index contributed by atoms with van der Waals surface area (Å²) in [5.74, 6) is 1.80. The van der Waals surface area contributed by atoms with Gasteiger partial charge in [-0.3, -0.25) is 0 Å². The van der Waals surface area contributed by atoms with Gasteiger partial charge in [0.1, 0.15) is 0 Å². The van der Waals surface area contributed by atoms with Crippen LogP contribution in [0.25, 0.3) is 0 Å². The van der Waals surface area contributed by atoms with E-state index in [2.05, 4.69) is 53.7 Å². The van der Waals surface area contributed by atoms with Gasteiger partial charge in [-0.25, -0.2) is 0 Å². The second-order valence-corrected chi connectivity index (χ2v) is 9.60. The maximum Gasteiger partial charge on any atom is 0.188 e. The van der Waals surface area contributed by atoms with Crippen molar-refractivity contribution in [2.45, 2.75) is 91.1 Å². The van der Waals surface area contributed by atoms with E-state index in [-0.39, 0.29) is 11.7 Å². The molecule has 4 fully saturated rings. The van der Waals surface area contributed by atoms with Gasteiger partial charge in [-0.15, -0.1) is 0 Å². The summed E-state index contributed by atoms with van der Waals surface area (Å²) < 4.78 is 13.4. The van der Waals surface area contributed by atoms with Gasteiger partial charge in [0.05, 0.1) is 11.7 Å². The van der Waals surface area contributed by atoms with Crippen LogP contribution >= 0.6 is 0 Å². The molecule has 3 aliphatic carbocycles. The topological polar surface area (TPSA) is 18.5 Å². The minimum absolute atomic E-state index is 0.131. The quantitative estimate of drug-likeness (QED) is 0.641. The first-order chi connectivity index (χ1) is 10.7. The van der Waals surface area contributed by atoms with Crippen molar-refractivity contribution in [3.63, 3.8) is 0 Å². The summed E-state index contributed by atoms with van der Waals surface area (Å²) in [7, 11) is 0. The lowest BCUT2D eigenvalue weighted by Gasteiger charge is -2.47. The standard InChI is InChI=1S/C21H34O2/c1-7-11-21(8-2)22-17-13-20-12-16(19(17,6)23-21)18(4,5)15(20)10-9-14(20)3/h7,11,14-17H,8-10,12-13H2,1-6H3/b11-7+/t14-,15+,16-,17+,19-,20-,21+/m1/s1. The molecule has 3 saturated carbocycles. The molecule has 4 rings (SSSR count). The summed E-state index contributed by atoms with van der Waals surface area (Å²) in [6, 6.07) is 0. The molecule has 0 unspecified atom stereocenters. The normalized spacial score (nSPS) is 57.0. The van der Waals surface area contributed by atoms with Crippen LogP contribution in [0.1, 0.15) is 73.6 Å². The van der Waals surface area contributed by atoms with E-state index in [0.29, 0.717) is 16.7 Å². The van der Waals surface area contributed by atoms with Crippen LogP contribution in [0.2, 0.25) is 0 Å². The first kappa shape index (κ1) is 16.1. The molecule has 130 valence electrons. The van der Waals surface area contributed by atoms with Crippen molar-refractivity contribution in [3.8, 4) is 0 Å². The van der Waals surface area contributed by atoms with E-state index in [1.165, 1.54) is 25.7 Å². The molecule has 1 spiro atoms. The molecule has 0 aromatic rings. The fourth-order valence-electron chi connectivity index (χ4n) is 7.35. The molecule has 0 N–H and O–H groups in total. The van der Waals surface area contributed by atoms with E-state index < -0.39 is 5.79 Å². The second-order valence-electron chi connectivity index (χ2n) is 9.60. The zero-order valence-corrected chi connectivity index (χ0v) is 15.8. The highest BCUT2D eigenvalue weighted by Gasteiger charge is 2.74. The zero-order valence-electron chi connectivity index (χ0n) is 15.8. The minimum atomic E-state index is -0.497. The van der Waals surface area contributed by atoms with E-state index in [4.69, 9.17) is 9.47 Å². The van der Waals surface area contributed by atoms with Gasteiger partial charge >= 0.3 is 0 Å². The Labute approximate surface area is 142 Å². The van der Waals surface area contributed by atoms with Gasteiger partial charge in [0.2, 0.25) is 0 Å². The Hall–Kier alpha value is -0.340. The molecular weight excluding hydrogens is 284 g/mol. The molecule has 7 atom stereocenters. The van der Waals surface area contributed by atoms with Gasteiger partial charge in [0.15, 0.2) is 5.79 Å². The maximum absolute atomic E-state index is 6.78. The first-order valence-electron chi connectivity index (χ1n) is 9.76. The summed E-state index contributed by atoms with van der Waals surface area (Å²) >= 11 is 0. The summed E-state index contributed by atoms with van der Waals surface area (Å²) in [5, 5.41) is 0. The Kier molecular flexibility index (Phi) is 3.25. The lowest BCUT2D eigenvalue weighted by molar-refractivity contribution is -0.170. The van der Waals surface area contributed by atoms with E-state index in [0.717, 1.165) is 18.3 Å². The number of allylic oxidation sites excluding steroid dienone is 1. The van der Waals surface area contributed by atoms with Crippen molar-refractivity contribution in [2.75, 3.05) is 0 Å². The lowest BCUT2D eigenvalue weighted by Crippen LogP contribution is -2.52. The molecule has 1 heterocycles. The molecule has 1 aliphatic heterocycles. The largest absolute Gasteiger partial charge is 0.340 e. The Balaban J connectivity index is 1.78. The summed E-state index contributed by atoms with van der Waals surface area (Å²) in [5.41, 5.74) is 0.729. The monoisotopic (exact) mass is 318 g/mol. The van der Waals surface area contributed by atoms with Crippen molar-refractivity contribution in [2.24, 2.45) is 28.6 Å². The number of rotatable bonds is 2. The Morgan fingerprint density at radius 3 is 2.48 bits per heavy atom. The molecule has 2 heteroatoms. The number of hydrogen-bond acceptors (Lipinski definition) is 2. The average Bonchev–Trinajstić information content (AvgIpc) is 3.02. The summed E-state index contributed by atoms with van der Waals surface area (Å²) in [6.07, 6.45) is 10.7. The Bertz CT molecular complexity index is 538. The lowest BCUT2D eigenvalue weighted by atomic mass is 9.63. The predicted octanol–water partition coefficient (Wildman–Crippen LogP) is 5.33. The summed E-state index contributed by atoms with van der Waals surface area (Å²) in [4.78, 5) is 0. The van der Waals surface area contributed by atoms with Crippen LogP contribution in [0.15, 0.2) is 12.2 Å². The fraction of sp³-hybridized carbons (Fsp3) is 0.905. The maximum atomic E-state index is 6.78. The molecule has 0 amide bonds. The molecule has 0 aromatic heterocycles. The smallest absolute Gasteiger partial charge is 0.188 e. The van der Waals surface area contributed by atoms with Crippen LogP contribution in [-0.4, -0.2) is 17.5 Å². The SMILES string of the molecule is C/C=C/[C@@]1(CC)O[C@H]2C[C@@]34C[C@H](C(C)(C)[C@@H]3CC[C@H]4C)[C@@]2(C)O1. The Morgan fingerprint density at radius 1 is 1.09 bits per heavy atom. The molecule has 2 bridgehead atoms. The average molecular weight is 319 g/mol. The first-order valence-corrected chi connectivity index (χ1v) is 9.76. The highest BCUT2D eigenvalue weighted by atomic mass is 16.8. The van der Waals surface area contributed by atoms with E-state index in [1.807, 2.05) is 0 Å². The van der Waals surface area contributed by atoms with E-state index in [9.17, 15) is 0 Å². The van der Waals surface area contributed by atoms with Crippen LogP contribution in [-0.2, 0) is 9.47 Å². The van der Waals surface area contributed by atoms with Crippen molar-refractivity contribution in [1.82, 2.24) is 0 Å². The molecule has 1 saturated heterocycles.